The lowest BCUT2D eigenvalue weighted by molar-refractivity contribution is 0.478. The van der Waals surface area contributed by atoms with Crippen LogP contribution < -0.4 is 10.1 Å². The van der Waals surface area contributed by atoms with Crippen LogP contribution in [0.3, 0.4) is 0 Å². The van der Waals surface area contributed by atoms with Gasteiger partial charge in [0.15, 0.2) is 11.5 Å². The molecule has 116 valence electrons. The summed E-state index contributed by atoms with van der Waals surface area (Å²) in [5, 5.41) is 3.37. The predicted molar refractivity (Wildman–Crippen MR) is 85.6 cm³/mol. The van der Waals surface area contributed by atoms with Gasteiger partial charge in [0.05, 0.1) is 17.1 Å². The normalized spacial score (nSPS) is 12.8. The van der Waals surface area contributed by atoms with Crippen LogP contribution >= 0.6 is 0 Å². The Kier molecular flexibility index (Phi) is 4.04. The fourth-order valence-corrected chi connectivity index (χ4v) is 3.09. The van der Waals surface area contributed by atoms with Crippen LogP contribution in [0.15, 0.2) is 42.5 Å². The lowest BCUT2D eigenvalue weighted by atomic mass is 10.0. The van der Waals surface area contributed by atoms with Gasteiger partial charge in [0, 0.05) is 0 Å². The second-order valence-electron chi connectivity index (χ2n) is 5.26. The molecule has 0 atom stereocenters. The number of hydrogen-bond donors (Lipinski definition) is 2. The van der Waals surface area contributed by atoms with E-state index in [0.29, 0.717) is 12.8 Å². The first-order chi connectivity index (χ1) is 10.5. The van der Waals surface area contributed by atoms with Crippen molar-refractivity contribution in [3.63, 3.8) is 0 Å². The van der Waals surface area contributed by atoms with Crippen LogP contribution in [0.5, 0.6) is 11.5 Å². The van der Waals surface area contributed by atoms with E-state index in [1.54, 1.807) is 0 Å². The van der Waals surface area contributed by atoms with Crippen LogP contribution in [-0.2, 0) is 16.5 Å². The number of benzene rings is 2. The lowest BCUT2D eigenvalue weighted by Gasteiger charge is -2.23. The Hall–Kier alpha value is -2.05. The Morgan fingerprint density at radius 1 is 1.00 bits per heavy atom. The monoisotopic (exact) mass is 319 g/mol. The van der Waals surface area contributed by atoms with Gasteiger partial charge in [-0.25, -0.2) is 0 Å². The first-order valence-corrected chi connectivity index (χ1v) is 8.75. The number of ether oxygens (including phenoxy) is 1. The van der Waals surface area contributed by atoms with E-state index in [2.05, 4.69) is 5.32 Å². The highest BCUT2D eigenvalue weighted by Crippen LogP contribution is 2.43. The molecule has 0 radical (unpaired) electrons. The number of para-hydroxylation sites is 3. The first kappa shape index (κ1) is 14.9. The molecule has 0 aromatic heterocycles. The number of hydrogen-bond acceptors (Lipinski definition) is 4. The average molecular weight is 319 g/mol. The number of fused-ring (bicyclic) bond motifs is 2. The van der Waals surface area contributed by atoms with Crippen molar-refractivity contribution in [3.05, 3.63) is 48.0 Å². The molecule has 6 heteroatoms. The molecule has 0 bridgehead atoms. The third-order valence-corrected chi connectivity index (χ3v) is 4.38. The van der Waals surface area contributed by atoms with Crippen molar-refractivity contribution in [1.82, 2.24) is 0 Å². The smallest absolute Gasteiger partial charge is 0.264 e. The highest BCUT2D eigenvalue weighted by molar-refractivity contribution is 7.85. The summed E-state index contributed by atoms with van der Waals surface area (Å²) in [6.07, 6.45) is 1.83. The highest BCUT2D eigenvalue weighted by Gasteiger charge is 2.18. The largest absolute Gasteiger partial charge is 0.453 e. The molecule has 1 aliphatic heterocycles. The van der Waals surface area contributed by atoms with E-state index < -0.39 is 10.1 Å². The third kappa shape index (κ3) is 3.40. The van der Waals surface area contributed by atoms with Crippen LogP contribution in [0.1, 0.15) is 18.4 Å². The van der Waals surface area contributed by atoms with E-state index in [1.807, 2.05) is 42.5 Å². The van der Waals surface area contributed by atoms with Gasteiger partial charge in [-0.1, -0.05) is 24.3 Å². The maximum atomic E-state index is 10.7. The lowest BCUT2D eigenvalue weighted by Crippen LogP contribution is -2.07. The first-order valence-electron chi connectivity index (χ1n) is 7.14. The van der Waals surface area contributed by atoms with Gasteiger partial charge >= 0.3 is 0 Å². The van der Waals surface area contributed by atoms with Crippen LogP contribution in [0.2, 0.25) is 0 Å². The Morgan fingerprint density at radius 2 is 1.77 bits per heavy atom. The van der Waals surface area contributed by atoms with Gasteiger partial charge in [0.1, 0.15) is 0 Å². The molecule has 1 aliphatic rings. The number of anilines is 2. The van der Waals surface area contributed by atoms with Crippen LogP contribution in [0.25, 0.3) is 0 Å². The summed E-state index contributed by atoms with van der Waals surface area (Å²) in [5.74, 6) is 1.36. The zero-order valence-electron chi connectivity index (χ0n) is 12.0. The van der Waals surface area contributed by atoms with E-state index >= 15 is 0 Å². The molecule has 0 saturated carbocycles. The van der Waals surface area contributed by atoms with E-state index in [0.717, 1.165) is 34.9 Å². The van der Waals surface area contributed by atoms with E-state index in [4.69, 9.17) is 9.29 Å². The number of rotatable bonds is 5. The summed E-state index contributed by atoms with van der Waals surface area (Å²) in [4.78, 5) is 0. The fraction of sp³-hybridized carbons (Fsp3) is 0.250. The average Bonchev–Trinajstić information content (AvgIpc) is 2.49. The molecule has 0 amide bonds. The molecule has 2 aromatic rings. The second kappa shape index (κ2) is 5.98. The minimum atomic E-state index is -3.88. The predicted octanol–water partition coefficient (Wildman–Crippen LogP) is 3.75. The molecule has 5 nitrogen and oxygen atoms in total. The van der Waals surface area contributed by atoms with Crippen molar-refractivity contribution < 1.29 is 17.7 Å². The third-order valence-electron chi connectivity index (χ3n) is 3.58. The summed E-state index contributed by atoms with van der Waals surface area (Å²) in [7, 11) is -3.88. The fourth-order valence-electron chi connectivity index (χ4n) is 2.52. The molecule has 0 fully saturated rings. The molecule has 0 spiro atoms. The Morgan fingerprint density at radius 3 is 2.59 bits per heavy atom. The van der Waals surface area contributed by atoms with Crippen LogP contribution in [-0.4, -0.2) is 18.7 Å². The Labute approximate surface area is 129 Å². The minimum absolute atomic E-state index is 0.200. The van der Waals surface area contributed by atoms with Crippen LogP contribution in [0, 0.1) is 0 Å². The van der Waals surface area contributed by atoms with Gasteiger partial charge in [-0.2, -0.15) is 8.42 Å². The van der Waals surface area contributed by atoms with E-state index in [-0.39, 0.29) is 5.75 Å². The number of unbranched alkanes of at least 4 members (excludes halogenated alkanes) is 1. The summed E-state index contributed by atoms with van der Waals surface area (Å²) in [5.41, 5.74) is 2.91. The molecule has 3 rings (SSSR count). The molecule has 0 aliphatic carbocycles. The summed E-state index contributed by atoms with van der Waals surface area (Å²) in [6, 6.07) is 13.5. The van der Waals surface area contributed by atoms with E-state index in [9.17, 15) is 8.42 Å². The second-order valence-corrected chi connectivity index (χ2v) is 6.83. The maximum Gasteiger partial charge on any atom is 0.264 e. The van der Waals surface area contributed by atoms with Crippen molar-refractivity contribution in [3.8, 4) is 11.5 Å². The zero-order chi connectivity index (χ0) is 15.6. The van der Waals surface area contributed by atoms with Gasteiger partial charge in [0.25, 0.3) is 10.1 Å². The summed E-state index contributed by atoms with van der Waals surface area (Å²) >= 11 is 0. The summed E-state index contributed by atoms with van der Waals surface area (Å²) in [6.45, 7) is 0. The molecular weight excluding hydrogens is 302 g/mol. The van der Waals surface area contributed by atoms with Gasteiger partial charge in [0.2, 0.25) is 0 Å². The van der Waals surface area contributed by atoms with Crippen LogP contribution in [0.4, 0.5) is 11.4 Å². The standard InChI is InChI=1S/C16H17NO4S/c18-22(19,20)11-4-3-6-12-7-5-10-15-16(12)17-13-8-1-2-9-14(13)21-15/h1-2,5,7-10,17H,3-4,6,11H2,(H,18,19,20). The van der Waals surface area contributed by atoms with Gasteiger partial charge in [-0.15, -0.1) is 0 Å². The molecule has 22 heavy (non-hydrogen) atoms. The Balaban J connectivity index is 1.73. The maximum absolute atomic E-state index is 10.7. The quantitative estimate of drug-likeness (QED) is 0.553. The molecule has 2 N–H and O–H groups in total. The number of aryl methyl sites for hydroxylation is 1. The van der Waals surface area contributed by atoms with Gasteiger partial charge in [-0.05, 0) is 43.0 Å². The molecule has 1 heterocycles. The Bertz CT molecular complexity index is 786. The topological polar surface area (TPSA) is 75.6 Å². The van der Waals surface area contributed by atoms with Crippen molar-refractivity contribution in [1.29, 1.82) is 0 Å². The zero-order valence-corrected chi connectivity index (χ0v) is 12.8. The minimum Gasteiger partial charge on any atom is -0.453 e. The number of nitrogens with one attached hydrogen (secondary N) is 1. The van der Waals surface area contributed by atoms with Crippen molar-refractivity contribution in [2.75, 3.05) is 11.1 Å². The molecule has 0 unspecified atom stereocenters. The van der Waals surface area contributed by atoms with Crippen molar-refractivity contribution in [2.24, 2.45) is 0 Å². The van der Waals surface area contributed by atoms with Gasteiger partial charge < -0.3 is 10.1 Å². The highest BCUT2D eigenvalue weighted by atomic mass is 32.2. The summed E-state index contributed by atoms with van der Waals surface area (Å²) < 4.78 is 36.1. The van der Waals surface area contributed by atoms with Gasteiger partial charge in [-0.3, -0.25) is 4.55 Å². The van der Waals surface area contributed by atoms with E-state index in [1.165, 1.54) is 0 Å². The van der Waals surface area contributed by atoms with Crippen molar-refractivity contribution >= 4 is 21.5 Å². The molecule has 2 aromatic carbocycles. The molecular formula is C16H17NO4S. The SMILES string of the molecule is O=S(=O)(O)CCCCc1cccc2c1Nc1ccccc1O2. The van der Waals surface area contributed by atoms with Crippen molar-refractivity contribution in [2.45, 2.75) is 19.3 Å². The molecule has 0 saturated heterocycles.